The molecule has 4 rings (SSSR count). The lowest BCUT2D eigenvalue weighted by Gasteiger charge is -2.50. The number of aliphatic hydroxyl groups is 3. The van der Waals surface area contributed by atoms with Gasteiger partial charge < -0.3 is 31.9 Å². The van der Waals surface area contributed by atoms with Crippen LogP contribution in [0.1, 0.15) is 17.5 Å². The molecule has 0 aromatic carbocycles. The molecule has 0 spiro atoms. The third kappa shape index (κ3) is 2.53. The number of ketones is 2. The average Bonchev–Trinajstić information content (AvgIpc) is 2.68. The molecule has 0 radical (unpaired) electrons. The lowest BCUT2D eigenvalue weighted by atomic mass is 9.57. The highest BCUT2D eigenvalue weighted by Gasteiger charge is 2.64. The van der Waals surface area contributed by atoms with Crippen molar-refractivity contribution >= 4 is 29.1 Å². The number of anilines is 1. The van der Waals surface area contributed by atoms with Gasteiger partial charge in [-0.1, -0.05) is 0 Å². The molecule has 8 N–H and O–H groups in total. The number of nitrogens with two attached hydrogens (primary N) is 2. The molecule has 1 amide bonds. The Morgan fingerprint density at radius 2 is 1.88 bits per heavy atom. The average molecular weight is 448 g/mol. The Bertz CT molecular complexity index is 1170. The monoisotopic (exact) mass is 448 g/mol. The fourth-order valence-corrected chi connectivity index (χ4v) is 5.17. The number of aromatic hydroxyl groups is 1. The van der Waals surface area contributed by atoms with Gasteiger partial charge in [-0.2, -0.15) is 9.37 Å². The van der Waals surface area contributed by atoms with Crippen LogP contribution in [0.4, 0.5) is 10.2 Å². The van der Waals surface area contributed by atoms with Crippen molar-refractivity contribution in [3.63, 3.8) is 0 Å². The summed E-state index contributed by atoms with van der Waals surface area (Å²) in [7, 11) is 2.97. The second kappa shape index (κ2) is 6.74. The molecule has 1 saturated carbocycles. The number of aromatic nitrogens is 1. The lowest BCUT2D eigenvalue weighted by Crippen LogP contribution is -2.65. The van der Waals surface area contributed by atoms with E-state index in [9.17, 15) is 39.2 Å². The predicted octanol–water partition coefficient (Wildman–Crippen LogP) is -0.920. The largest absolute Gasteiger partial charge is 0.508 e. The molecule has 4 atom stereocenters. The minimum absolute atomic E-state index is 0.143. The van der Waals surface area contributed by atoms with E-state index in [0.29, 0.717) is 0 Å². The molecular formula is C20H21FN4O7. The van der Waals surface area contributed by atoms with E-state index in [2.05, 4.69) is 4.98 Å². The Kier molecular flexibility index (Phi) is 4.57. The highest BCUT2D eigenvalue weighted by Crippen LogP contribution is 2.53. The van der Waals surface area contributed by atoms with Crippen LogP contribution in [0, 0.1) is 17.8 Å². The second-order valence-corrected chi connectivity index (χ2v) is 8.45. The van der Waals surface area contributed by atoms with Gasteiger partial charge in [0.1, 0.15) is 17.1 Å². The van der Waals surface area contributed by atoms with Gasteiger partial charge in [-0.3, -0.25) is 19.3 Å². The Morgan fingerprint density at radius 3 is 2.44 bits per heavy atom. The molecule has 1 fully saturated rings. The summed E-state index contributed by atoms with van der Waals surface area (Å²) in [5, 5.41) is 43.1. The van der Waals surface area contributed by atoms with E-state index < -0.39 is 86.7 Å². The number of nitrogen functional groups attached to an aromatic ring is 1. The molecule has 0 bridgehead atoms. The maximum Gasteiger partial charge on any atom is 0.255 e. The topological polar surface area (TPSA) is 200 Å². The molecule has 3 aliphatic rings. The Hall–Kier alpha value is -3.51. The summed E-state index contributed by atoms with van der Waals surface area (Å²) in [6.07, 6.45) is -0.336. The number of aliphatic hydroxyl groups excluding tert-OH is 2. The summed E-state index contributed by atoms with van der Waals surface area (Å²) in [6, 6.07) is -1.21. The van der Waals surface area contributed by atoms with Crippen molar-refractivity contribution in [2.24, 2.45) is 17.6 Å². The number of Topliss-reactive ketones (excluding diaryl/α,β-unsaturated/α-hetero) is 2. The molecule has 32 heavy (non-hydrogen) atoms. The molecule has 11 nitrogen and oxygen atoms in total. The van der Waals surface area contributed by atoms with Gasteiger partial charge in [0.05, 0.1) is 11.6 Å². The van der Waals surface area contributed by atoms with E-state index in [4.69, 9.17) is 11.5 Å². The van der Waals surface area contributed by atoms with Crippen molar-refractivity contribution in [1.82, 2.24) is 9.88 Å². The van der Waals surface area contributed by atoms with Gasteiger partial charge in [0.25, 0.3) is 5.91 Å². The Morgan fingerprint density at radius 1 is 1.25 bits per heavy atom. The zero-order chi connectivity index (χ0) is 23.9. The number of halogens is 1. The number of amides is 1. The summed E-state index contributed by atoms with van der Waals surface area (Å²) < 4.78 is 14.5. The van der Waals surface area contributed by atoms with Crippen molar-refractivity contribution in [3.05, 3.63) is 34.0 Å². The minimum Gasteiger partial charge on any atom is -0.508 e. The lowest BCUT2D eigenvalue weighted by molar-refractivity contribution is -0.153. The smallest absolute Gasteiger partial charge is 0.255 e. The van der Waals surface area contributed by atoms with Crippen LogP contribution < -0.4 is 11.5 Å². The SMILES string of the molecule is CN(C)[C@@H]1C(=O)C(C(N)=O)=C(O)[C@@]2(O)C(=O)C3=C(O)c4c(O)c(N)nc(F)c4C[C@H]3C[C@@H]12. The van der Waals surface area contributed by atoms with Crippen LogP contribution in [0.5, 0.6) is 5.75 Å². The van der Waals surface area contributed by atoms with Crippen LogP contribution in [-0.4, -0.2) is 73.5 Å². The van der Waals surface area contributed by atoms with Crippen LogP contribution in [-0.2, 0) is 20.8 Å². The number of primary amides is 1. The maximum atomic E-state index is 14.5. The number of hydrogen-bond donors (Lipinski definition) is 6. The van der Waals surface area contributed by atoms with Crippen molar-refractivity contribution < 1.29 is 39.2 Å². The molecule has 1 aromatic heterocycles. The van der Waals surface area contributed by atoms with Crippen LogP contribution in [0.25, 0.3) is 5.76 Å². The first-order valence-electron chi connectivity index (χ1n) is 9.65. The molecule has 1 heterocycles. The van der Waals surface area contributed by atoms with E-state index >= 15 is 0 Å². The number of fused-ring (bicyclic) bond motifs is 3. The summed E-state index contributed by atoms with van der Waals surface area (Å²) in [6.45, 7) is 0. The summed E-state index contributed by atoms with van der Waals surface area (Å²) in [4.78, 5) is 43.1. The van der Waals surface area contributed by atoms with Crippen LogP contribution in [0.15, 0.2) is 16.9 Å². The summed E-state index contributed by atoms with van der Waals surface area (Å²) in [5.74, 6) is -9.91. The first-order chi connectivity index (χ1) is 14.8. The van der Waals surface area contributed by atoms with E-state index in [0.717, 1.165) is 0 Å². The third-order valence-corrected chi connectivity index (χ3v) is 6.56. The highest BCUT2D eigenvalue weighted by atomic mass is 19.1. The summed E-state index contributed by atoms with van der Waals surface area (Å²) in [5.41, 5.74) is 6.04. The Labute approximate surface area is 180 Å². The fraction of sp³-hybridized carbons (Fsp3) is 0.400. The number of rotatable bonds is 2. The second-order valence-electron chi connectivity index (χ2n) is 8.45. The molecule has 0 saturated heterocycles. The van der Waals surface area contributed by atoms with Gasteiger partial charge in [0, 0.05) is 17.1 Å². The van der Waals surface area contributed by atoms with Gasteiger partial charge in [-0.05, 0) is 32.9 Å². The number of pyridine rings is 1. The quantitative estimate of drug-likeness (QED) is 0.243. The number of likely N-dealkylation sites (N-methyl/N-ethyl adjacent to an activating group) is 1. The van der Waals surface area contributed by atoms with Gasteiger partial charge >= 0.3 is 0 Å². The van der Waals surface area contributed by atoms with Crippen molar-refractivity contribution in [2.45, 2.75) is 24.5 Å². The first kappa shape index (κ1) is 21.7. The molecule has 3 aliphatic carbocycles. The number of nitrogens with zero attached hydrogens (tertiary/aromatic N) is 2. The van der Waals surface area contributed by atoms with Crippen molar-refractivity contribution in [1.29, 1.82) is 0 Å². The van der Waals surface area contributed by atoms with E-state index in [1.54, 1.807) is 0 Å². The fourth-order valence-electron chi connectivity index (χ4n) is 5.17. The standard InChI is InChI=1S/C20H21FN4O7/c1-25(2)11-7-4-5-3-6-9(14(28)18(22)24-17(6)21)12(26)8(5)15(29)20(7,32)16(30)10(13(11)27)19(23)31/h5,7,11,26,28,30,32H,3-4H2,1-2H3,(H2,22,24)(H2,23,31)/t5-,7-,11-,20-/m0/s1. The molecule has 0 unspecified atom stereocenters. The number of carbonyl (C=O) groups is 3. The van der Waals surface area contributed by atoms with E-state index in [1.807, 2.05) is 0 Å². The number of carbonyl (C=O) groups excluding carboxylic acids is 3. The van der Waals surface area contributed by atoms with Gasteiger partial charge in [-0.15, -0.1) is 0 Å². The first-order valence-corrected chi connectivity index (χ1v) is 9.65. The van der Waals surface area contributed by atoms with E-state index in [-0.39, 0.29) is 18.4 Å². The zero-order valence-corrected chi connectivity index (χ0v) is 17.1. The predicted molar refractivity (Wildman–Crippen MR) is 106 cm³/mol. The molecule has 1 aromatic rings. The van der Waals surface area contributed by atoms with Gasteiger partial charge in [0.15, 0.2) is 23.0 Å². The normalized spacial score (nSPS) is 29.7. The highest BCUT2D eigenvalue weighted by molar-refractivity contribution is 6.24. The van der Waals surface area contributed by atoms with Crippen LogP contribution in [0.3, 0.4) is 0 Å². The molecule has 0 aliphatic heterocycles. The van der Waals surface area contributed by atoms with Gasteiger partial charge in [-0.25, -0.2) is 0 Å². The van der Waals surface area contributed by atoms with Crippen molar-refractivity contribution in [3.8, 4) is 5.75 Å². The zero-order valence-electron chi connectivity index (χ0n) is 17.1. The van der Waals surface area contributed by atoms with Crippen LogP contribution >= 0.6 is 0 Å². The molecular weight excluding hydrogens is 427 g/mol. The maximum absolute atomic E-state index is 14.5. The summed E-state index contributed by atoms with van der Waals surface area (Å²) >= 11 is 0. The third-order valence-electron chi connectivity index (χ3n) is 6.56. The molecule has 12 heteroatoms. The van der Waals surface area contributed by atoms with Crippen LogP contribution in [0.2, 0.25) is 0 Å². The Balaban J connectivity index is 2.00. The van der Waals surface area contributed by atoms with Crippen molar-refractivity contribution in [2.75, 3.05) is 19.8 Å². The minimum atomic E-state index is -2.75. The van der Waals surface area contributed by atoms with Gasteiger partial charge in [0.2, 0.25) is 11.7 Å². The molecule has 170 valence electrons. The number of hydrogen-bond acceptors (Lipinski definition) is 10. The van der Waals surface area contributed by atoms with E-state index in [1.165, 1.54) is 19.0 Å².